The van der Waals surface area contributed by atoms with Gasteiger partial charge in [-0.2, -0.15) is 13.2 Å². The molecule has 0 N–H and O–H groups in total. The van der Waals surface area contributed by atoms with Gasteiger partial charge < -0.3 is 4.74 Å². The Bertz CT molecular complexity index is 855. The smallest absolute Gasteiger partial charge is 0.370 e. The number of rotatable bonds is 2. The van der Waals surface area contributed by atoms with E-state index in [4.69, 9.17) is 4.74 Å². The molecule has 0 aromatic heterocycles. The molecule has 7 nitrogen and oxygen atoms in total. The summed E-state index contributed by atoms with van der Waals surface area (Å²) in [4.78, 5) is 35.9. The quantitative estimate of drug-likeness (QED) is 0.454. The first kappa shape index (κ1) is 17.0. The molecule has 2 bridgehead atoms. The second kappa shape index (κ2) is 5.03. The molecule has 3 heterocycles. The van der Waals surface area contributed by atoms with E-state index in [1.54, 1.807) is 6.92 Å². The molecule has 138 valence electrons. The van der Waals surface area contributed by atoms with E-state index in [2.05, 4.69) is 0 Å². The lowest BCUT2D eigenvalue weighted by Gasteiger charge is -2.26. The molecule has 1 aromatic rings. The Labute approximate surface area is 144 Å². The van der Waals surface area contributed by atoms with Gasteiger partial charge in [-0.3, -0.25) is 19.7 Å². The number of hydrogen-bond acceptors (Lipinski definition) is 5. The Hall–Kier alpha value is -2.49. The average molecular weight is 370 g/mol. The van der Waals surface area contributed by atoms with Crippen LogP contribution >= 0.6 is 0 Å². The summed E-state index contributed by atoms with van der Waals surface area (Å²) in [5, 5.41) is 10.9. The van der Waals surface area contributed by atoms with Crippen molar-refractivity contribution in [3.8, 4) is 0 Å². The Morgan fingerprint density at radius 2 is 2.00 bits per heavy atom. The van der Waals surface area contributed by atoms with Crippen molar-refractivity contribution < 1.29 is 32.4 Å². The molecule has 0 aliphatic carbocycles. The van der Waals surface area contributed by atoms with E-state index in [1.165, 1.54) is 0 Å². The monoisotopic (exact) mass is 370 g/mol. The summed E-state index contributed by atoms with van der Waals surface area (Å²) < 4.78 is 45.3. The Morgan fingerprint density at radius 3 is 2.58 bits per heavy atom. The first-order valence-corrected chi connectivity index (χ1v) is 7.96. The van der Waals surface area contributed by atoms with Gasteiger partial charge in [0.25, 0.3) is 5.69 Å². The van der Waals surface area contributed by atoms with Gasteiger partial charge in [0, 0.05) is 6.07 Å². The van der Waals surface area contributed by atoms with E-state index < -0.39 is 57.7 Å². The number of alkyl halides is 3. The van der Waals surface area contributed by atoms with Crippen molar-refractivity contribution >= 4 is 23.2 Å². The zero-order valence-electron chi connectivity index (χ0n) is 13.4. The van der Waals surface area contributed by atoms with Gasteiger partial charge in [0.2, 0.25) is 11.8 Å². The zero-order valence-corrected chi connectivity index (χ0v) is 13.4. The summed E-state index contributed by atoms with van der Waals surface area (Å²) in [6.45, 7) is 1.73. The van der Waals surface area contributed by atoms with E-state index >= 15 is 0 Å². The van der Waals surface area contributed by atoms with E-state index in [9.17, 15) is 32.9 Å². The molecule has 3 aliphatic heterocycles. The first-order chi connectivity index (χ1) is 12.0. The maximum Gasteiger partial charge on any atom is 0.423 e. The number of imide groups is 1. The summed E-state index contributed by atoms with van der Waals surface area (Å²) >= 11 is 0. The van der Waals surface area contributed by atoms with Crippen molar-refractivity contribution in [1.29, 1.82) is 0 Å². The van der Waals surface area contributed by atoms with Crippen LogP contribution in [0.15, 0.2) is 18.2 Å². The van der Waals surface area contributed by atoms with Crippen LogP contribution < -0.4 is 4.90 Å². The molecule has 26 heavy (non-hydrogen) atoms. The third kappa shape index (κ3) is 2.11. The fourth-order valence-electron chi connectivity index (χ4n) is 4.39. The van der Waals surface area contributed by atoms with Gasteiger partial charge in [-0.25, -0.2) is 4.90 Å². The minimum Gasteiger partial charge on any atom is -0.370 e. The van der Waals surface area contributed by atoms with Crippen molar-refractivity contribution in [3.05, 3.63) is 33.9 Å². The van der Waals surface area contributed by atoms with Gasteiger partial charge in [-0.15, -0.1) is 0 Å². The van der Waals surface area contributed by atoms with Crippen LogP contribution in [0.1, 0.15) is 25.3 Å². The SMILES string of the molecule is C[C@]12CC[C@H](O1)[C@@H]1C(=O)N(c3ccc([N+](=O)[O-])c(C(F)(F)F)c3)C(=O)[C@@H]12. The number of nitro benzene ring substituents is 1. The number of carbonyl (C=O) groups is 2. The molecular formula is C16H13F3N2O5. The van der Waals surface area contributed by atoms with Gasteiger partial charge in [0.1, 0.15) is 5.56 Å². The fourth-order valence-corrected chi connectivity index (χ4v) is 4.39. The molecule has 3 aliphatic rings. The number of ether oxygens (including phenoxy) is 1. The van der Waals surface area contributed by atoms with Crippen LogP contribution in [0.4, 0.5) is 24.5 Å². The third-order valence-corrected chi connectivity index (χ3v) is 5.50. The molecule has 2 amide bonds. The highest BCUT2D eigenvalue weighted by molar-refractivity contribution is 6.23. The lowest BCUT2D eigenvalue weighted by Crippen LogP contribution is -2.39. The Morgan fingerprint density at radius 1 is 1.31 bits per heavy atom. The standard InChI is InChI=1S/C16H13F3N2O5/c1-15-5-4-10(26-15)11-12(15)14(23)20(13(11)22)7-2-3-9(21(24)25)8(6-7)16(17,18)19/h2-3,6,10-12H,4-5H2,1H3/t10-,11-,12+,15+/m0/s1. The maximum absolute atomic E-state index is 13.2. The molecule has 4 atom stereocenters. The van der Waals surface area contributed by atoms with Crippen molar-refractivity contribution in [2.24, 2.45) is 11.8 Å². The summed E-state index contributed by atoms with van der Waals surface area (Å²) in [7, 11) is 0. The van der Waals surface area contributed by atoms with Crippen LogP contribution in [0, 0.1) is 22.0 Å². The van der Waals surface area contributed by atoms with Crippen LogP contribution in [0.5, 0.6) is 0 Å². The normalized spacial score (nSPS) is 33.1. The van der Waals surface area contributed by atoms with Gasteiger partial charge in [-0.05, 0) is 31.9 Å². The van der Waals surface area contributed by atoms with Crippen LogP contribution in [-0.4, -0.2) is 28.4 Å². The highest BCUT2D eigenvalue weighted by atomic mass is 19.4. The fraction of sp³-hybridized carbons (Fsp3) is 0.500. The minimum atomic E-state index is -4.99. The third-order valence-electron chi connectivity index (χ3n) is 5.50. The summed E-state index contributed by atoms with van der Waals surface area (Å²) in [6.07, 6.45) is -4.21. The lowest BCUT2D eigenvalue weighted by atomic mass is 9.74. The number of hydrogen-bond donors (Lipinski definition) is 0. The molecule has 3 saturated heterocycles. The number of amides is 2. The summed E-state index contributed by atoms with van der Waals surface area (Å²) in [6, 6.07) is 2.15. The van der Waals surface area contributed by atoms with Crippen LogP contribution in [-0.2, 0) is 20.5 Å². The predicted molar refractivity (Wildman–Crippen MR) is 80.1 cm³/mol. The van der Waals surface area contributed by atoms with E-state index in [0.29, 0.717) is 29.9 Å². The Kier molecular flexibility index (Phi) is 3.28. The second-order valence-electron chi connectivity index (χ2n) is 6.98. The molecule has 4 rings (SSSR count). The van der Waals surface area contributed by atoms with Gasteiger partial charge in [0.05, 0.1) is 34.2 Å². The summed E-state index contributed by atoms with van der Waals surface area (Å²) in [5.41, 5.74) is -3.74. The molecule has 10 heteroatoms. The molecule has 0 radical (unpaired) electrons. The zero-order chi connectivity index (χ0) is 19.0. The number of anilines is 1. The first-order valence-electron chi connectivity index (χ1n) is 7.96. The highest BCUT2D eigenvalue weighted by Gasteiger charge is 2.67. The molecule has 0 unspecified atom stereocenters. The van der Waals surface area contributed by atoms with Crippen LogP contribution in [0.3, 0.4) is 0 Å². The summed E-state index contributed by atoms with van der Waals surface area (Å²) in [5.74, 6) is -2.69. The molecule has 1 aromatic carbocycles. The van der Waals surface area contributed by atoms with Gasteiger partial charge in [-0.1, -0.05) is 0 Å². The molecule has 0 saturated carbocycles. The largest absolute Gasteiger partial charge is 0.423 e. The second-order valence-corrected chi connectivity index (χ2v) is 6.98. The number of nitrogens with zero attached hydrogens (tertiary/aromatic N) is 2. The lowest BCUT2D eigenvalue weighted by molar-refractivity contribution is -0.388. The minimum absolute atomic E-state index is 0.310. The van der Waals surface area contributed by atoms with Gasteiger partial charge >= 0.3 is 6.18 Å². The van der Waals surface area contributed by atoms with Crippen LogP contribution in [0.25, 0.3) is 0 Å². The van der Waals surface area contributed by atoms with E-state index in [0.717, 1.165) is 6.07 Å². The molecular weight excluding hydrogens is 357 g/mol. The number of halogens is 3. The topological polar surface area (TPSA) is 89.8 Å². The van der Waals surface area contributed by atoms with Gasteiger partial charge in [0.15, 0.2) is 0 Å². The van der Waals surface area contributed by atoms with Crippen LogP contribution in [0.2, 0.25) is 0 Å². The average Bonchev–Trinajstić information content (AvgIpc) is 3.15. The van der Waals surface area contributed by atoms with Crippen molar-refractivity contribution in [3.63, 3.8) is 0 Å². The maximum atomic E-state index is 13.2. The number of fused-ring (bicyclic) bond motifs is 5. The number of carbonyl (C=O) groups excluding carboxylic acids is 2. The molecule has 0 spiro atoms. The van der Waals surface area contributed by atoms with Crippen molar-refractivity contribution in [2.75, 3.05) is 4.90 Å². The molecule has 3 fully saturated rings. The van der Waals surface area contributed by atoms with E-state index in [1.807, 2.05) is 0 Å². The highest BCUT2D eigenvalue weighted by Crippen LogP contribution is 2.55. The Balaban J connectivity index is 1.78. The number of nitro groups is 1. The predicted octanol–water partition coefficient (Wildman–Crippen LogP) is 2.67. The van der Waals surface area contributed by atoms with Crippen molar-refractivity contribution in [1.82, 2.24) is 0 Å². The van der Waals surface area contributed by atoms with E-state index in [-0.39, 0.29) is 5.69 Å². The number of benzene rings is 1. The van der Waals surface area contributed by atoms with Crippen molar-refractivity contribution in [2.45, 2.75) is 37.6 Å².